The molecule has 198 valence electrons. The SMILES string of the molecule is CNC(=O)c1ccnc2c([C@H](C)CNc3cc(-c4ccc(NCCc5ccc(C)o5)nc4)ncn3)cccc12. The molecular weight excluding hydrogens is 490 g/mol. The van der Waals surface area contributed by atoms with E-state index >= 15 is 0 Å². The zero-order chi connectivity index (χ0) is 27.2. The second-order valence-electron chi connectivity index (χ2n) is 9.37. The van der Waals surface area contributed by atoms with E-state index in [9.17, 15) is 4.79 Å². The first-order valence-electron chi connectivity index (χ1n) is 12.9. The number of hydrogen-bond acceptors (Lipinski definition) is 8. The summed E-state index contributed by atoms with van der Waals surface area (Å²) in [5.74, 6) is 3.39. The number of rotatable bonds is 10. The molecule has 0 spiro atoms. The van der Waals surface area contributed by atoms with Gasteiger partial charge < -0.3 is 20.4 Å². The summed E-state index contributed by atoms with van der Waals surface area (Å²) in [6.45, 7) is 5.44. The maximum atomic E-state index is 12.3. The van der Waals surface area contributed by atoms with Gasteiger partial charge in [-0.25, -0.2) is 15.0 Å². The first-order chi connectivity index (χ1) is 19.0. The molecule has 5 aromatic rings. The van der Waals surface area contributed by atoms with E-state index in [1.165, 1.54) is 0 Å². The zero-order valence-electron chi connectivity index (χ0n) is 22.2. The van der Waals surface area contributed by atoms with Crippen molar-refractivity contribution in [3.63, 3.8) is 0 Å². The van der Waals surface area contributed by atoms with Crippen molar-refractivity contribution in [2.75, 3.05) is 30.8 Å². The van der Waals surface area contributed by atoms with Gasteiger partial charge in [-0.2, -0.15) is 0 Å². The van der Waals surface area contributed by atoms with Gasteiger partial charge in [-0.15, -0.1) is 0 Å². The Labute approximate surface area is 227 Å². The van der Waals surface area contributed by atoms with Crippen LogP contribution in [0.2, 0.25) is 0 Å². The molecule has 0 aliphatic carbocycles. The number of anilines is 2. The molecule has 4 aromatic heterocycles. The minimum atomic E-state index is -0.124. The molecule has 39 heavy (non-hydrogen) atoms. The van der Waals surface area contributed by atoms with Crippen LogP contribution in [0.3, 0.4) is 0 Å². The number of nitrogens with zero attached hydrogens (tertiary/aromatic N) is 4. The summed E-state index contributed by atoms with van der Waals surface area (Å²) < 4.78 is 5.61. The average molecular weight is 522 g/mol. The minimum absolute atomic E-state index is 0.122. The third kappa shape index (κ3) is 6.04. The van der Waals surface area contributed by atoms with Crippen LogP contribution in [0.5, 0.6) is 0 Å². The van der Waals surface area contributed by atoms with E-state index in [0.29, 0.717) is 12.1 Å². The van der Waals surface area contributed by atoms with Crippen LogP contribution in [0.15, 0.2) is 77.7 Å². The highest BCUT2D eigenvalue weighted by atomic mass is 16.3. The maximum absolute atomic E-state index is 12.3. The molecular formula is C30H31N7O2. The first-order valence-corrected chi connectivity index (χ1v) is 12.9. The number of carbonyl (C=O) groups is 1. The number of nitrogens with one attached hydrogen (secondary N) is 3. The van der Waals surface area contributed by atoms with Crippen molar-refractivity contribution in [3.8, 4) is 11.3 Å². The summed E-state index contributed by atoms with van der Waals surface area (Å²) in [6, 6.07) is 17.5. The third-order valence-corrected chi connectivity index (χ3v) is 6.59. The number of furan rings is 1. The van der Waals surface area contributed by atoms with Crippen molar-refractivity contribution in [1.29, 1.82) is 0 Å². The summed E-state index contributed by atoms with van der Waals surface area (Å²) in [5, 5.41) is 10.3. The quantitative estimate of drug-likeness (QED) is 0.229. The lowest BCUT2D eigenvalue weighted by atomic mass is 9.96. The largest absolute Gasteiger partial charge is 0.466 e. The van der Waals surface area contributed by atoms with E-state index in [2.05, 4.69) is 48.9 Å². The Bertz CT molecular complexity index is 1580. The van der Waals surface area contributed by atoms with Crippen LogP contribution >= 0.6 is 0 Å². The molecule has 1 aromatic carbocycles. The lowest BCUT2D eigenvalue weighted by Crippen LogP contribution is -2.18. The van der Waals surface area contributed by atoms with Gasteiger partial charge in [0, 0.05) is 61.9 Å². The van der Waals surface area contributed by atoms with Crippen LogP contribution in [-0.2, 0) is 6.42 Å². The van der Waals surface area contributed by atoms with Crippen molar-refractivity contribution >= 4 is 28.4 Å². The van der Waals surface area contributed by atoms with E-state index in [0.717, 1.165) is 63.8 Å². The predicted octanol–water partition coefficient (Wildman–Crippen LogP) is 5.22. The molecule has 0 bridgehead atoms. The first kappa shape index (κ1) is 25.8. The molecule has 4 heterocycles. The Morgan fingerprint density at radius 3 is 2.64 bits per heavy atom. The molecule has 0 fully saturated rings. The number of hydrogen-bond donors (Lipinski definition) is 3. The summed E-state index contributed by atoms with van der Waals surface area (Å²) in [7, 11) is 1.63. The second-order valence-corrected chi connectivity index (χ2v) is 9.37. The van der Waals surface area contributed by atoms with Crippen LogP contribution in [-0.4, -0.2) is 46.0 Å². The van der Waals surface area contributed by atoms with Gasteiger partial charge in [0.05, 0.1) is 16.8 Å². The molecule has 0 aliphatic rings. The van der Waals surface area contributed by atoms with Crippen LogP contribution in [0.1, 0.15) is 40.3 Å². The van der Waals surface area contributed by atoms with Gasteiger partial charge in [0.1, 0.15) is 29.5 Å². The standard InChI is InChI=1S/C30H31N7O2/c1-19(23-5-4-6-24-25(30(38)31-3)12-14-33-29(23)24)16-34-28-15-26(36-18-37-28)21-8-10-27(35-17-21)32-13-11-22-9-7-20(2)39-22/h4-10,12,14-15,17-19H,11,13,16H2,1-3H3,(H,31,38)(H,32,35)(H,34,36,37)/t19-/m1/s1. The number of pyridine rings is 2. The molecule has 0 aliphatic heterocycles. The van der Waals surface area contributed by atoms with Gasteiger partial charge in [0.2, 0.25) is 0 Å². The normalized spacial score (nSPS) is 11.8. The second kappa shape index (κ2) is 11.7. The Morgan fingerprint density at radius 1 is 0.974 bits per heavy atom. The van der Waals surface area contributed by atoms with Gasteiger partial charge >= 0.3 is 0 Å². The number of para-hydroxylation sites is 1. The molecule has 0 saturated heterocycles. The maximum Gasteiger partial charge on any atom is 0.251 e. The molecule has 9 heteroatoms. The van der Waals surface area contributed by atoms with E-state index < -0.39 is 0 Å². The molecule has 0 radical (unpaired) electrons. The number of amides is 1. The van der Waals surface area contributed by atoms with Gasteiger partial charge in [-0.05, 0) is 42.8 Å². The van der Waals surface area contributed by atoms with Crippen molar-refractivity contribution < 1.29 is 9.21 Å². The Morgan fingerprint density at radius 2 is 1.87 bits per heavy atom. The molecule has 3 N–H and O–H groups in total. The highest BCUT2D eigenvalue weighted by molar-refractivity contribution is 6.06. The van der Waals surface area contributed by atoms with Gasteiger partial charge in [0.15, 0.2) is 0 Å². The Kier molecular flexibility index (Phi) is 7.77. The zero-order valence-corrected chi connectivity index (χ0v) is 22.2. The molecule has 0 saturated carbocycles. The number of carbonyl (C=O) groups excluding carboxylic acids is 1. The van der Waals surface area contributed by atoms with Crippen LogP contribution < -0.4 is 16.0 Å². The van der Waals surface area contributed by atoms with Crippen LogP contribution in [0.25, 0.3) is 22.2 Å². The highest BCUT2D eigenvalue weighted by Gasteiger charge is 2.15. The molecule has 1 atom stereocenters. The number of fused-ring (bicyclic) bond motifs is 1. The van der Waals surface area contributed by atoms with Crippen molar-refractivity contribution in [2.24, 2.45) is 0 Å². The van der Waals surface area contributed by atoms with Gasteiger partial charge in [0.25, 0.3) is 5.91 Å². The lowest BCUT2D eigenvalue weighted by molar-refractivity contribution is 0.0964. The lowest BCUT2D eigenvalue weighted by Gasteiger charge is -2.16. The van der Waals surface area contributed by atoms with E-state index in [-0.39, 0.29) is 11.8 Å². The molecule has 5 rings (SSSR count). The fourth-order valence-corrected chi connectivity index (χ4v) is 4.49. The van der Waals surface area contributed by atoms with Crippen LogP contribution in [0, 0.1) is 6.92 Å². The van der Waals surface area contributed by atoms with Crippen molar-refractivity contribution in [2.45, 2.75) is 26.2 Å². The van der Waals surface area contributed by atoms with Gasteiger partial charge in [-0.3, -0.25) is 9.78 Å². The third-order valence-electron chi connectivity index (χ3n) is 6.59. The van der Waals surface area contributed by atoms with E-state index in [1.54, 1.807) is 31.8 Å². The fourth-order valence-electron chi connectivity index (χ4n) is 4.49. The van der Waals surface area contributed by atoms with Gasteiger partial charge in [-0.1, -0.05) is 25.1 Å². The summed E-state index contributed by atoms with van der Waals surface area (Å²) >= 11 is 0. The highest BCUT2D eigenvalue weighted by Crippen LogP contribution is 2.27. The molecule has 0 unspecified atom stereocenters. The van der Waals surface area contributed by atoms with E-state index in [4.69, 9.17) is 4.42 Å². The summed E-state index contributed by atoms with van der Waals surface area (Å²) in [6.07, 6.45) is 5.83. The average Bonchev–Trinajstić information content (AvgIpc) is 3.40. The van der Waals surface area contributed by atoms with Crippen molar-refractivity contribution in [1.82, 2.24) is 25.3 Å². The van der Waals surface area contributed by atoms with E-state index in [1.807, 2.05) is 49.4 Å². The van der Waals surface area contributed by atoms with Crippen LogP contribution in [0.4, 0.5) is 11.6 Å². The molecule has 1 amide bonds. The Balaban J connectivity index is 1.22. The topological polar surface area (TPSA) is 118 Å². The smallest absolute Gasteiger partial charge is 0.251 e. The summed E-state index contributed by atoms with van der Waals surface area (Å²) in [4.78, 5) is 30.3. The monoisotopic (exact) mass is 521 g/mol. The fraction of sp³-hybridized carbons (Fsp3) is 0.233. The number of benzene rings is 1. The summed E-state index contributed by atoms with van der Waals surface area (Å²) in [5.41, 5.74) is 4.20. The number of aromatic nitrogens is 4. The van der Waals surface area contributed by atoms with Crippen molar-refractivity contribution in [3.05, 3.63) is 96.0 Å². The predicted molar refractivity (Wildman–Crippen MR) is 153 cm³/mol. The number of aryl methyl sites for hydroxylation is 1. The Hall–Kier alpha value is -4.79. The minimum Gasteiger partial charge on any atom is -0.466 e. The molecule has 9 nitrogen and oxygen atoms in total.